The van der Waals surface area contributed by atoms with Crippen molar-refractivity contribution in [1.82, 2.24) is 20.3 Å². The molecule has 0 unspecified atom stereocenters. The van der Waals surface area contributed by atoms with E-state index in [-0.39, 0.29) is 0 Å². The van der Waals surface area contributed by atoms with Gasteiger partial charge in [0.05, 0.1) is 5.69 Å². The minimum absolute atomic E-state index is 0.397. The lowest BCUT2D eigenvalue weighted by Gasteiger charge is -2.02. The summed E-state index contributed by atoms with van der Waals surface area (Å²) in [5.41, 5.74) is 5.84. The van der Waals surface area contributed by atoms with Crippen molar-refractivity contribution in [3.8, 4) is 34.2 Å². The van der Waals surface area contributed by atoms with E-state index in [1.165, 1.54) is 11.1 Å². The van der Waals surface area contributed by atoms with Gasteiger partial charge in [0.25, 0.3) is 5.89 Å². The van der Waals surface area contributed by atoms with Crippen LogP contribution in [0.5, 0.6) is 0 Å². The summed E-state index contributed by atoms with van der Waals surface area (Å²) in [6, 6.07) is 15.5. The summed E-state index contributed by atoms with van der Waals surface area (Å²) in [5.74, 6) is 0.905. The van der Waals surface area contributed by atoms with E-state index < -0.39 is 0 Å². The summed E-state index contributed by atoms with van der Waals surface area (Å²) in [6.45, 7) is 4.14. The fraction of sp³-hybridized carbons (Fsp3) is 0.105. The van der Waals surface area contributed by atoms with E-state index in [9.17, 15) is 0 Å². The Morgan fingerprint density at radius 1 is 1.00 bits per heavy atom. The number of halogens is 1. The van der Waals surface area contributed by atoms with Crippen molar-refractivity contribution in [2.45, 2.75) is 13.8 Å². The van der Waals surface area contributed by atoms with Crippen LogP contribution in [-0.4, -0.2) is 20.3 Å². The van der Waals surface area contributed by atoms with Crippen molar-refractivity contribution in [3.63, 3.8) is 0 Å². The minimum Gasteiger partial charge on any atom is -0.332 e. The molecule has 0 fully saturated rings. The van der Waals surface area contributed by atoms with Crippen LogP contribution in [0, 0.1) is 13.8 Å². The van der Waals surface area contributed by atoms with E-state index in [1.54, 1.807) is 12.1 Å². The number of hydrogen-bond donors (Lipinski definition) is 1. The highest BCUT2D eigenvalue weighted by molar-refractivity contribution is 6.30. The molecule has 5 nitrogen and oxygen atoms in total. The first-order valence-corrected chi connectivity index (χ1v) is 8.21. The molecular weight excluding hydrogens is 336 g/mol. The molecular formula is C19H15ClN4O. The maximum atomic E-state index is 5.91. The van der Waals surface area contributed by atoms with Gasteiger partial charge < -0.3 is 4.52 Å². The molecule has 0 atom stereocenters. The molecule has 2 aromatic carbocycles. The van der Waals surface area contributed by atoms with Crippen molar-refractivity contribution in [3.05, 3.63) is 64.7 Å². The summed E-state index contributed by atoms with van der Waals surface area (Å²) in [5, 5.41) is 12.0. The SMILES string of the molecule is Cc1ccc(-c2cc(-c3nc(-c4ccc(Cl)cc4)no3)[nH]n2)c(C)c1. The molecule has 124 valence electrons. The van der Waals surface area contributed by atoms with Gasteiger partial charge in [0.1, 0.15) is 5.69 Å². The molecule has 0 bridgehead atoms. The Kier molecular flexibility index (Phi) is 3.86. The van der Waals surface area contributed by atoms with E-state index in [1.807, 2.05) is 18.2 Å². The number of rotatable bonds is 3. The second kappa shape index (κ2) is 6.18. The Labute approximate surface area is 149 Å². The first kappa shape index (κ1) is 15.6. The van der Waals surface area contributed by atoms with Crippen LogP contribution < -0.4 is 0 Å². The fourth-order valence-electron chi connectivity index (χ4n) is 2.72. The average Bonchev–Trinajstić information content (AvgIpc) is 3.24. The van der Waals surface area contributed by atoms with Gasteiger partial charge in [-0.05, 0) is 49.7 Å². The largest absolute Gasteiger partial charge is 0.332 e. The van der Waals surface area contributed by atoms with Gasteiger partial charge in [-0.2, -0.15) is 10.1 Å². The molecule has 0 amide bonds. The van der Waals surface area contributed by atoms with Crippen LogP contribution in [-0.2, 0) is 0 Å². The average molecular weight is 351 g/mol. The highest BCUT2D eigenvalue weighted by Gasteiger charge is 2.14. The summed E-state index contributed by atoms with van der Waals surface area (Å²) in [6.07, 6.45) is 0. The molecule has 0 saturated carbocycles. The van der Waals surface area contributed by atoms with Crippen LogP contribution >= 0.6 is 11.6 Å². The Balaban J connectivity index is 1.65. The fourth-order valence-corrected chi connectivity index (χ4v) is 2.85. The van der Waals surface area contributed by atoms with Crippen molar-refractivity contribution in [2.24, 2.45) is 0 Å². The lowest BCUT2D eigenvalue weighted by Crippen LogP contribution is -1.84. The number of H-pyrrole nitrogens is 1. The van der Waals surface area contributed by atoms with Crippen LogP contribution in [0.4, 0.5) is 0 Å². The summed E-state index contributed by atoms with van der Waals surface area (Å²) < 4.78 is 5.37. The first-order valence-electron chi connectivity index (χ1n) is 7.83. The molecule has 25 heavy (non-hydrogen) atoms. The van der Waals surface area contributed by atoms with Crippen molar-refractivity contribution < 1.29 is 4.52 Å². The predicted molar refractivity (Wildman–Crippen MR) is 97.2 cm³/mol. The zero-order valence-electron chi connectivity index (χ0n) is 13.7. The molecule has 4 rings (SSSR count). The zero-order chi connectivity index (χ0) is 17.4. The molecule has 0 spiro atoms. The molecule has 0 aliphatic heterocycles. The topological polar surface area (TPSA) is 67.6 Å². The summed E-state index contributed by atoms with van der Waals surface area (Å²) in [4.78, 5) is 4.43. The molecule has 0 saturated heterocycles. The Morgan fingerprint density at radius 2 is 1.80 bits per heavy atom. The maximum Gasteiger partial charge on any atom is 0.276 e. The van der Waals surface area contributed by atoms with Crippen molar-refractivity contribution >= 4 is 11.6 Å². The van der Waals surface area contributed by atoms with Gasteiger partial charge in [-0.1, -0.05) is 40.5 Å². The Morgan fingerprint density at radius 3 is 2.56 bits per heavy atom. The standard InChI is InChI=1S/C19H15ClN4O/c1-11-3-8-15(12(2)9-11)16-10-17(23-22-16)19-21-18(24-25-19)13-4-6-14(20)7-5-13/h3-10H,1-2H3,(H,22,23). The number of hydrogen-bond acceptors (Lipinski definition) is 4. The van der Waals surface area contributed by atoms with E-state index >= 15 is 0 Å². The van der Waals surface area contributed by atoms with Gasteiger partial charge in [-0.25, -0.2) is 0 Å². The summed E-state index contributed by atoms with van der Waals surface area (Å²) >= 11 is 5.91. The molecule has 4 aromatic rings. The van der Waals surface area contributed by atoms with Crippen molar-refractivity contribution in [1.29, 1.82) is 0 Å². The monoisotopic (exact) mass is 350 g/mol. The second-order valence-corrected chi connectivity index (χ2v) is 6.35. The highest BCUT2D eigenvalue weighted by Crippen LogP contribution is 2.27. The van der Waals surface area contributed by atoms with Crippen LogP contribution in [0.1, 0.15) is 11.1 Å². The van der Waals surface area contributed by atoms with E-state index in [2.05, 4.69) is 52.4 Å². The maximum absolute atomic E-state index is 5.91. The zero-order valence-corrected chi connectivity index (χ0v) is 14.5. The number of nitrogens with zero attached hydrogens (tertiary/aromatic N) is 3. The third kappa shape index (κ3) is 3.06. The highest BCUT2D eigenvalue weighted by atomic mass is 35.5. The number of aryl methyl sites for hydroxylation is 2. The number of aromatic nitrogens is 4. The van der Waals surface area contributed by atoms with Crippen molar-refractivity contribution in [2.75, 3.05) is 0 Å². The van der Waals surface area contributed by atoms with E-state index in [0.717, 1.165) is 16.8 Å². The number of benzene rings is 2. The van der Waals surface area contributed by atoms with Gasteiger partial charge in [-0.3, -0.25) is 5.10 Å². The Hall–Kier alpha value is -2.92. The molecule has 0 aliphatic carbocycles. The smallest absolute Gasteiger partial charge is 0.276 e. The molecule has 6 heteroatoms. The van der Waals surface area contributed by atoms with Crippen LogP contribution in [0.15, 0.2) is 53.1 Å². The van der Waals surface area contributed by atoms with Crippen LogP contribution in [0.3, 0.4) is 0 Å². The van der Waals surface area contributed by atoms with Crippen LogP contribution in [0.25, 0.3) is 34.2 Å². The van der Waals surface area contributed by atoms with E-state index in [4.69, 9.17) is 16.1 Å². The molecule has 2 aromatic heterocycles. The first-order chi connectivity index (χ1) is 12.1. The molecule has 2 heterocycles. The third-order valence-electron chi connectivity index (χ3n) is 3.99. The van der Waals surface area contributed by atoms with Gasteiger partial charge in [0.15, 0.2) is 0 Å². The quantitative estimate of drug-likeness (QED) is 0.560. The van der Waals surface area contributed by atoms with Gasteiger partial charge >= 0.3 is 0 Å². The predicted octanol–water partition coefficient (Wildman–Crippen LogP) is 5.06. The normalized spacial score (nSPS) is 11.0. The molecule has 0 aliphatic rings. The van der Waals surface area contributed by atoms with E-state index in [0.29, 0.717) is 22.4 Å². The van der Waals surface area contributed by atoms with Gasteiger partial charge in [0.2, 0.25) is 5.82 Å². The Bertz CT molecular complexity index is 1030. The molecule has 0 radical (unpaired) electrons. The molecule has 1 N–H and O–H groups in total. The summed E-state index contributed by atoms with van der Waals surface area (Å²) in [7, 11) is 0. The van der Waals surface area contributed by atoms with Gasteiger partial charge in [0, 0.05) is 16.1 Å². The minimum atomic E-state index is 0.397. The van der Waals surface area contributed by atoms with Crippen LogP contribution in [0.2, 0.25) is 5.02 Å². The third-order valence-corrected chi connectivity index (χ3v) is 4.25. The lowest BCUT2D eigenvalue weighted by molar-refractivity contribution is 0.431. The van der Waals surface area contributed by atoms with Gasteiger partial charge in [-0.15, -0.1) is 0 Å². The number of aromatic amines is 1. The lowest BCUT2D eigenvalue weighted by atomic mass is 10.0. The number of nitrogens with one attached hydrogen (secondary N) is 1. The second-order valence-electron chi connectivity index (χ2n) is 5.92.